The van der Waals surface area contributed by atoms with Crippen molar-refractivity contribution < 1.29 is 54.6 Å². The number of aliphatic carboxylic acids is 1. The molecule has 12 heteroatoms. The number of esters is 1. The Balaban J connectivity index is 5.46. The molecule has 0 N–H and O–H groups in total. The molecule has 0 radical (unpaired) electrons. The van der Waals surface area contributed by atoms with Gasteiger partial charge in [0.1, 0.15) is 0 Å². The Hall–Kier alpha value is -1.88. The van der Waals surface area contributed by atoms with Crippen LogP contribution < -0.4 is 5.11 Å². The summed E-state index contributed by atoms with van der Waals surface area (Å²) in [5, 5.41) is 10.1. The highest BCUT2D eigenvalue weighted by Crippen LogP contribution is 2.52. The predicted octanol–water partition coefficient (Wildman–Crippen LogP) is 4.48. The lowest BCUT2D eigenvalue weighted by molar-refractivity contribution is -0.371. The summed E-state index contributed by atoms with van der Waals surface area (Å²) in [6.07, 6.45) is -14.2. The molecule has 0 aromatic rings. The lowest BCUT2D eigenvalue weighted by Crippen LogP contribution is -2.59. The topological polar surface area (TPSA) is 66.4 Å². The second kappa shape index (κ2) is 10.8. The molecule has 0 amide bonds. The number of ether oxygens (including phenoxy) is 1. The van der Waals surface area contributed by atoms with Gasteiger partial charge >= 0.3 is 24.2 Å². The predicted molar refractivity (Wildman–Crippen MR) is 82.6 cm³/mol. The minimum Gasteiger partial charge on any atom is -0.545 e. The van der Waals surface area contributed by atoms with Gasteiger partial charge in [-0.05, 0) is 12.5 Å². The maximum Gasteiger partial charge on any atom is 0.470 e. The fourth-order valence-electron chi connectivity index (χ4n) is 2.48. The maximum atomic E-state index is 14.6. The molecule has 0 aliphatic rings. The van der Waals surface area contributed by atoms with Gasteiger partial charge in [-0.25, -0.2) is 9.18 Å². The molecule has 29 heavy (non-hydrogen) atoms. The van der Waals surface area contributed by atoms with Crippen LogP contribution in [-0.4, -0.2) is 35.8 Å². The molecule has 170 valence electrons. The molecule has 1 unspecified atom stereocenters. The number of unbranched alkanes of at least 4 members (excludes halogenated alkanes) is 5. The largest absolute Gasteiger partial charge is 0.545 e. The van der Waals surface area contributed by atoms with Gasteiger partial charge in [0, 0.05) is 6.08 Å². The number of carboxylic acid groups (broad SMARTS) is 1. The first-order chi connectivity index (χ1) is 13.1. The Kier molecular flexibility index (Phi) is 10.1. The summed E-state index contributed by atoms with van der Waals surface area (Å²) in [5.74, 6) is -10.4. The molecular formula is C17H21F8O4-. The summed E-state index contributed by atoms with van der Waals surface area (Å²) in [7, 11) is 0. The van der Waals surface area contributed by atoms with Crippen LogP contribution in [0.2, 0.25) is 0 Å². The van der Waals surface area contributed by atoms with E-state index in [1.807, 2.05) is 6.92 Å². The van der Waals surface area contributed by atoms with Crippen LogP contribution in [0.1, 0.15) is 58.3 Å². The number of hydrogen-bond donors (Lipinski definition) is 0. The van der Waals surface area contributed by atoms with E-state index in [4.69, 9.17) is 0 Å². The SMILES string of the molecule is CCCCCCCCC(F)(CC(F)(F)F)C(F)(F)C(F)(F)OC(=O)C=CC(=O)[O-]. The molecule has 0 saturated heterocycles. The first kappa shape index (κ1) is 27.1. The van der Waals surface area contributed by atoms with Crippen LogP contribution in [0.4, 0.5) is 35.1 Å². The van der Waals surface area contributed by atoms with Gasteiger partial charge in [0.15, 0.2) is 5.67 Å². The van der Waals surface area contributed by atoms with Crippen molar-refractivity contribution in [2.24, 2.45) is 0 Å². The number of carbonyl (C=O) groups is 2. The van der Waals surface area contributed by atoms with Gasteiger partial charge in [-0.3, -0.25) is 0 Å². The Bertz CT molecular complexity index is 574. The third kappa shape index (κ3) is 8.99. The molecule has 0 fully saturated rings. The molecule has 0 aromatic carbocycles. The van der Waals surface area contributed by atoms with Crippen LogP contribution >= 0.6 is 0 Å². The molecule has 0 aliphatic heterocycles. The number of hydrogen-bond acceptors (Lipinski definition) is 4. The molecule has 1 atom stereocenters. The van der Waals surface area contributed by atoms with Crippen molar-refractivity contribution in [3.8, 4) is 0 Å². The van der Waals surface area contributed by atoms with E-state index in [1.54, 1.807) is 0 Å². The summed E-state index contributed by atoms with van der Waals surface area (Å²) in [5.41, 5.74) is -4.75. The van der Waals surface area contributed by atoms with Crippen LogP contribution in [0.15, 0.2) is 12.2 Å². The zero-order valence-electron chi connectivity index (χ0n) is 15.5. The number of halogens is 8. The number of alkyl halides is 8. The van der Waals surface area contributed by atoms with Gasteiger partial charge in [-0.2, -0.15) is 30.7 Å². The highest BCUT2D eigenvalue weighted by molar-refractivity contribution is 5.90. The van der Waals surface area contributed by atoms with E-state index in [-0.39, 0.29) is 18.6 Å². The van der Waals surface area contributed by atoms with E-state index in [1.165, 1.54) is 0 Å². The van der Waals surface area contributed by atoms with Crippen LogP contribution in [0.25, 0.3) is 0 Å². The zero-order chi connectivity index (χ0) is 22.9. The molecule has 0 saturated carbocycles. The quantitative estimate of drug-likeness (QED) is 0.183. The fraction of sp³-hybridized carbons (Fsp3) is 0.765. The van der Waals surface area contributed by atoms with Crippen LogP contribution in [0.3, 0.4) is 0 Å². The minimum absolute atomic E-state index is 0.0410. The lowest BCUT2D eigenvalue weighted by Gasteiger charge is -2.37. The first-order valence-corrected chi connectivity index (χ1v) is 8.71. The molecule has 0 spiro atoms. The number of carboxylic acids is 1. The smallest absolute Gasteiger partial charge is 0.470 e. The van der Waals surface area contributed by atoms with Gasteiger partial charge in [-0.15, -0.1) is 0 Å². The molecule has 4 nitrogen and oxygen atoms in total. The molecule has 0 aliphatic carbocycles. The first-order valence-electron chi connectivity index (χ1n) is 8.71. The zero-order valence-corrected chi connectivity index (χ0v) is 15.5. The third-order valence-corrected chi connectivity index (χ3v) is 3.92. The van der Waals surface area contributed by atoms with Crippen LogP contribution in [-0.2, 0) is 14.3 Å². The van der Waals surface area contributed by atoms with E-state index in [2.05, 4.69) is 4.74 Å². The lowest BCUT2D eigenvalue weighted by atomic mass is 9.86. The van der Waals surface area contributed by atoms with Crippen LogP contribution in [0, 0.1) is 0 Å². The fourth-order valence-corrected chi connectivity index (χ4v) is 2.48. The second-order valence-corrected chi connectivity index (χ2v) is 6.44. The van der Waals surface area contributed by atoms with Gasteiger partial charge < -0.3 is 14.6 Å². The van der Waals surface area contributed by atoms with E-state index in [9.17, 15) is 49.8 Å². The van der Waals surface area contributed by atoms with E-state index >= 15 is 0 Å². The van der Waals surface area contributed by atoms with E-state index in [0.29, 0.717) is 12.8 Å². The third-order valence-electron chi connectivity index (χ3n) is 3.92. The minimum atomic E-state index is -6.04. The van der Waals surface area contributed by atoms with Gasteiger partial charge in [0.05, 0.1) is 12.4 Å². The average Bonchev–Trinajstić information content (AvgIpc) is 2.54. The highest BCUT2D eigenvalue weighted by Gasteiger charge is 2.74. The Morgan fingerprint density at radius 3 is 1.86 bits per heavy atom. The van der Waals surface area contributed by atoms with Crippen molar-refractivity contribution in [2.45, 2.75) is 82.2 Å². The molecule has 0 bridgehead atoms. The van der Waals surface area contributed by atoms with Gasteiger partial charge in [-0.1, -0.05) is 45.4 Å². The van der Waals surface area contributed by atoms with Crippen molar-refractivity contribution in [1.29, 1.82) is 0 Å². The molecular weight excluding hydrogens is 420 g/mol. The summed E-state index contributed by atoms with van der Waals surface area (Å²) in [6, 6.07) is 0. The molecule has 0 rings (SSSR count). The van der Waals surface area contributed by atoms with E-state index < -0.39 is 55.1 Å². The Labute approximate surface area is 161 Å². The van der Waals surface area contributed by atoms with Crippen molar-refractivity contribution in [1.82, 2.24) is 0 Å². The normalized spacial score (nSPS) is 15.3. The number of rotatable bonds is 13. The molecule has 0 heterocycles. The van der Waals surface area contributed by atoms with Gasteiger partial charge in [0.25, 0.3) is 0 Å². The monoisotopic (exact) mass is 441 g/mol. The average molecular weight is 441 g/mol. The van der Waals surface area contributed by atoms with Crippen LogP contribution in [0.5, 0.6) is 0 Å². The van der Waals surface area contributed by atoms with E-state index in [0.717, 1.165) is 12.8 Å². The maximum absolute atomic E-state index is 14.6. The summed E-state index contributed by atoms with van der Waals surface area (Å²) in [4.78, 5) is 21.1. The van der Waals surface area contributed by atoms with Crippen molar-refractivity contribution in [2.75, 3.05) is 0 Å². The standard InChI is InChI=1S/C17H22F8O4/c1-2-3-4-5-6-7-10-14(18,11-15(19,20)21)16(22,23)17(24,25)29-13(28)9-8-12(26)27/h8-9H,2-7,10-11H2,1H3,(H,26,27)/p-1. The number of carbonyl (C=O) groups excluding carboxylic acids is 2. The van der Waals surface area contributed by atoms with Gasteiger partial charge in [0.2, 0.25) is 0 Å². The Morgan fingerprint density at radius 1 is 0.862 bits per heavy atom. The summed E-state index contributed by atoms with van der Waals surface area (Å²) in [6.45, 7) is 1.86. The highest BCUT2D eigenvalue weighted by atomic mass is 19.4. The van der Waals surface area contributed by atoms with Crippen molar-refractivity contribution in [3.05, 3.63) is 12.2 Å². The van der Waals surface area contributed by atoms with Crippen molar-refractivity contribution in [3.63, 3.8) is 0 Å². The summed E-state index contributed by atoms with van der Waals surface area (Å²) < 4.78 is 111. The Morgan fingerprint density at radius 2 is 1.38 bits per heavy atom. The second-order valence-electron chi connectivity index (χ2n) is 6.44. The molecule has 0 aromatic heterocycles. The van der Waals surface area contributed by atoms with Crippen molar-refractivity contribution >= 4 is 11.9 Å². The summed E-state index contributed by atoms with van der Waals surface area (Å²) >= 11 is 0.